The van der Waals surface area contributed by atoms with E-state index < -0.39 is 0 Å². The lowest BCUT2D eigenvalue weighted by molar-refractivity contribution is 0.709. The van der Waals surface area contributed by atoms with Gasteiger partial charge in [0, 0.05) is 23.8 Å². The predicted molar refractivity (Wildman–Crippen MR) is 86.5 cm³/mol. The summed E-state index contributed by atoms with van der Waals surface area (Å²) in [6.07, 6.45) is 8.56. The normalized spacial score (nSPS) is 14.9. The Balaban J connectivity index is 2.20. The highest BCUT2D eigenvalue weighted by atomic mass is 14.8. The maximum atomic E-state index is 4.95. The zero-order valence-corrected chi connectivity index (χ0v) is 12.6. The third kappa shape index (κ3) is 2.39. The Morgan fingerprint density at radius 3 is 2.80 bits per heavy atom. The molecule has 0 saturated carbocycles. The third-order valence-electron chi connectivity index (χ3n) is 4.36. The van der Waals surface area contributed by atoms with Gasteiger partial charge in [0.25, 0.3) is 0 Å². The minimum atomic E-state index is 1.14. The third-order valence-corrected chi connectivity index (χ3v) is 4.36. The van der Waals surface area contributed by atoms with Gasteiger partial charge in [0.2, 0.25) is 0 Å². The molecule has 0 radical (unpaired) electrons. The summed E-state index contributed by atoms with van der Waals surface area (Å²) < 4.78 is 0. The maximum Gasteiger partial charge on any atom is 0.0726 e. The summed E-state index contributed by atoms with van der Waals surface area (Å²) in [6.45, 7) is 2.23. The predicted octanol–water partition coefficient (Wildman–Crippen LogP) is 4.50. The summed E-state index contributed by atoms with van der Waals surface area (Å²) in [5.74, 6) is 0. The van der Waals surface area contributed by atoms with Crippen LogP contribution in [0.3, 0.4) is 0 Å². The van der Waals surface area contributed by atoms with Gasteiger partial charge in [-0.1, -0.05) is 25.8 Å². The lowest BCUT2D eigenvalue weighted by atomic mass is 9.99. The molecular formula is C18H24N2. The van der Waals surface area contributed by atoms with E-state index in [1.54, 1.807) is 0 Å². The SMILES string of the molecule is CCCc1ccc2nc3c(c(NC)c2c1)CCCCC3. The number of hydrogen-bond donors (Lipinski definition) is 1. The minimum Gasteiger partial charge on any atom is -0.387 e. The zero-order valence-electron chi connectivity index (χ0n) is 12.6. The second-order valence-corrected chi connectivity index (χ2v) is 5.82. The van der Waals surface area contributed by atoms with Crippen molar-refractivity contribution in [2.75, 3.05) is 12.4 Å². The first-order chi connectivity index (χ1) is 9.83. The van der Waals surface area contributed by atoms with Gasteiger partial charge in [-0.25, -0.2) is 0 Å². The molecule has 0 saturated heterocycles. The van der Waals surface area contributed by atoms with E-state index in [1.807, 2.05) is 7.05 Å². The van der Waals surface area contributed by atoms with Crippen molar-refractivity contribution in [2.45, 2.75) is 51.9 Å². The van der Waals surface area contributed by atoms with Crippen LogP contribution >= 0.6 is 0 Å². The van der Waals surface area contributed by atoms with E-state index in [0.29, 0.717) is 0 Å². The Morgan fingerprint density at radius 2 is 2.00 bits per heavy atom. The number of aromatic nitrogens is 1. The molecule has 2 heteroatoms. The van der Waals surface area contributed by atoms with Gasteiger partial charge in [-0.3, -0.25) is 4.98 Å². The summed E-state index contributed by atoms with van der Waals surface area (Å²) in [5, 5.41) is 4.76. The molecule has 1 aliphatic carbocycles. The second-order valence-electron chi connectivity index (χ2n) is 5.82. The number of anilines is 1. The Bertz CT molecular complexity index is 616. The monoisotopic (exact) mass is 268 g/mol. The molecule has 3 rings (SSSR count). The van der Waals surface area contributed by atoms with Crippen LogP contribution in [0.2, 0.25) is 0 Å². The van der Waals surface area contributed by atoms with Gasteiger partial charge in [0.05, 0.1) is 5.52 Å². The number of hydrogen-bond acceptors (Lipinski definition) is 2. The number of nitrogens with zero attached hydrogens (tertiary/aromatic N) is 1. The topological polar surface area (TPSA) is 24.9 Å². The Hall–Kier alpha value is -1.57. The average Bonchev–Trinajstić information content (AvgIpc) is 2.70. The van der Waals surface area contributed by atoms with E-state index in [-0.39, 0.29) is 0 Å². The highest BCUT2D eigenvalue weighted by Crippen LogP contribution is 2.33. The fourth-order valence-electron chi connectivity index (χ4n) is 3.38. The molecular weight excluding hydrogens is 244 g/mol. The van der Waals surface area contributed by atoms with E-state index in [2.05, 4.69) is 30.4 Å². The van der Waals surface area contributed by atoms with Gasteiger partial charge in [-0.05, 0) is 55.4 Å². The average molecular weight is 268 g/mol. The van der Waals surface area contributed by atoms with Crippen molar-refractivity contribution in [1.82, 2.24) is 4.98 Å². The Kier molecular flexibility index (Phi) is 3.90. The van der Waals surface area contributed by atoms with Crippen molar-refractivity contribution >= 4 is 16.6 Å². The molecule has 1 heterocycles. The Labute approximate surface area is 121 Å². The standard InChI is InChI=1S/C18H24N2/c1-3-7-13-10-11-17-15(12-13)18(19-2)14-8-5-4-6-9-16(14)20-17/h10-12H,3-9H2,1-2H3,(H,19,20). The lowest BCUT2D eigenvalue weighted by Crippen LogP contribution is -2.03. The fourth-order valence-corrected chi connectivity index (χ4v) is 3.38. The number of nitrogens with one attached hydrogen (secondary N) is 1. The number of benzene rings is 1. The van der Waals surface area contributed by atoms with Crippen molar-refractivity contribution in [3.8, 4) is 0 Å². The summed E-state index contributed by atoms with van der Waals surface area (Å²) >= 11 is 0. The molecule has 20 heavy (non-hydrogen) atoms. The van der Waals surface area contributed by atoms with Crippen LogP contribution in [0.15, 0.2) is 18.2 Å². The molecule has 0 spiro atoms. The van der Waals surface area contributed by atoms with Crippen LogP contribution in [0.25, 0.3) is 10.9 Å². The summed E-state index contributed by atoms with van der Waals surface area (Å²) in [5.41, 5.74) is 6.68. The Morgan fingerprint density at radius 1 is 1.15 bits per heavy atom. The minimum absolute atomic E-state index is 1.14. The highest BCUT2D eigenvalue weighted by Gasteiger charge is 2.16. The van der Waals surface area contributed by atoms with Crippen molar-refractivity contribution in [2.24, 2.45) is 0 Å². The van der Waals surface area contributed by atoms with E-state index in [4.69, 9.17) is 4.98 Å². The van der Waals surface area contributed by atoms with Crippen molar-refractivity contribution < 1.29 is 0 Å². The van der Waals surface area contributed by atoms with Gasteiger partial charge >= 0.3 is 0 Å². The number of fused-ring (bicyclic) bond motifs is 2. The summed E-state index contributed by atoms with van der Waals surface area (Å²) in [4.78, 5) is 4.95. The molecule has 1 N–H and O–H groups in total. The van der Waals surface area contributed by atoms with Crippen LogP contribution in [0.4, 0.5) is 5.69 Å². The van der Waals surface area contributed by atoms with Gasteiger partial charge in [0.15, 0.2) is 0 Å². The number of pyridine rings is 1. The summed E-state index contributed by atoms with van der Waals surface area (Å²) in [7, 11) is 2.05. The van der Waals surface area contributed by atoms with Gasteiger partial charge < -0.3 is 5.32 Å². The van der Waals surface area contributed by atoms with Gasteiger partial charge in [0.1, 0.15) is 0 Å². The van der Waals surface area contributed by atoms with Gasteiger partial charge in [-0.15, -0.1) is 0 Å². The molecule has 0 atom stereocenters. The van der Waals surface area contributed by atoms with Crippen LogP contribution in [-0.4, -0.2) is 12.0 Å². The molecule has 0 unspecified atom stereocenters. The van der Waals surface area contributed by atoms with Crippen LogP contribution in [0.1, 0.15) is 49.4 Å². The molecule has 2 aromatic rings. The van der Waals surface area contributed by atoms with E-state index >= 15 is 0 Å². The first-order valence-electron chi connectivity index (χ1n) is 7.95. The van der Waals surface area contributed by atoms with Crippen LogP contribution < -0.4 is 5.32 Å². The van der Waals surface area contributed by atoms with Crippen LogP contribution in [-0.2, 0) is 19.3 Å². The molecule has 0 aliphatic heterocycles. The second kappa shape index (κ2) is 5.82. The van der Waals surface area contributed by atoms with Gasteiger partial charge in [-0.2, -0.15) is 0 Å². The molecule has 2 nitrogen and oxygen atoms in total. The largest absolute Gasteiger partial charge is 0.387 e. The quantitative estimate of drug-likeness (QED) is 0.829. The fraction of sp³-hybridized carbons (Fsp3) is 0.500. The molecule has 0 bridgehead atoms. The van der Waals surface area contributed by atoms with Crippen LogP contribution in [0, 0.1) is 0 Å². The molecule has 0 amide bonds. The van der Waals surface area contributed by atoms with E-state index in [1.165, 1.54) is 60.0 Å². The molecule has 1 aromatic carbocycles. The molecule has 1 aromatic heterocycles. The van der Waals surface area contributed by atoms with E-state index in [9.17, 15) is 0 Å². The maximum absolute atomic E-state index is 4.95. The van der Waals surface area contributed by atoms with Crippen molar-refractivity contribution in [3.05, 3.63) is 35.0 Å². The zero-order chi connectivity index (χ0) is 13.9. The number of aryl methyl sites for hydroxylation is 2. The lowest BCUT2D eigenvalue weighted by Gasteiger charge is -2.16. The molecule has 0 fully saturated rings. The summed E-state index contributed by atoms with van der Waals surface area (Å²) in [6, 6.07) is 6.77. The van der Waals surface area contributed by atoms with Crippen molar-refractivity contribution in [3.63, 3.8) is 0 Å². The highest BCUT2D eigenvalue weighted by molar-refractivity contribution is 5.94. The first-order valence-corrected chi connectivity index (χ1v) is 7.95. The molecule has 1 aliphatic rings. The first kappa shape index (κ1) is 13.4. The smallest absolute Gasteiger partial charge is 0.0726 e. The van der Waals surface area contributed by atoms with E-state index in [0.717, 1.165) is 18.4 Å². The molecule has 106 valence electrons. The number of rotatable bonds is 3. The van der Waals surface area contributed by atoms with Crippen LogP contribution in [0.5, 0.6) is 0 Å². The van der Waals surface area contributed by atoms with Crippen molar-refractivity contribution in [1.29, 1.82) is 0 Å².